The lowest BCUT2D eigenvalue weighted by molar-refractivity contribution is 0.207. The molecule has 3 aromatic rings. The Hall–Kier alpha value is -2.93. The minimum atomic E-state index is -0.213. The summed E-state index contributed by atoms with van der Waals surface area (Å²) in [5.41, 5.74) is 3.54. The molecule has 2 N–H and O–H groups in total. The van der Waals surface area contributed by atoms with Crippen molar-refractivity contribution in [1.82, 2.24) is 25.2 Å². The maximum absolute atomic E-state index is 12.3. The Balaban J connectivity index is 1.27. The molecule has 1 unspecified atom stereocenters. The second-order valence-electron chi connectivity index (χ2n) is 7.29. The number of anilines is 1. The van der Waals surface area contributed by atoms with Gasteiger partial charge in [0.25, 0.3) is 0 Å². The van der Waals surface area contributed by atoms with Crippen LogP contribution in [0.2, 0.25) is 0 Å². The third-order valence-electron chi connectivity index (χ3n) is 5.25. The van der Waals surface area contributed by atoms with E-state index < -0.39 is 0 Å². The van der Waals surface area contributed by atoms with Crippen LogP contribution in [0.5, 0.6) is 0 Å². The molecule has 1 aromatic heterocycles. The first kappa shape index (κ1) is 18.4. The number of nitrogens with one attached hydrogen (secondary N) is 2. The molecular formula is C21H26N6O. The van der Waals surface area contributed by atoms with E-state index in [2.05, 4.69) is 56.1 Å². The highest BCUT2D eigenvalue weighted by Gasteiger charge is 2.21. The van der Waals surface area contributed by atoms with Gasteiger partial charge >= 0.3 is 6.03 Å². The van der Waals surface area contributed by atoms with Gasteiger partial charge < -0.3 is 15.5 Å². The number of fused-ring (bicyclic) bond motifs is 1. The number of aryl methyl sites for hydroxylation is 1. The van der Waals surface area contributed by atoms with Gasteiger partial charge in [0.2, 0.25) is 0 Å². The second-order valence-corrected chi connectivity index (χ2v) is 7.29. The van der Waals surface area contributed by atoms with Crippen LogP contribution in [0.1, 0.15) is 24.3 Å². The summed E-state index contributed by atoms with van der Waals surface area (Å²) in [5, 5.41) is 14.4. The Morgan fingerprint density at radius 3 is 2.86 bits per heavy atom. The van der Waals surface area contributed by atoms with Crippen LogP contribution in [0, 0.1) is 0 Å². The molecule has 1 saturated heterocycles. The number of rotatable bonds is 5. The maximum Gasteiger partial charge on any atom is 0.319 e. The number of hydrogen-bond acceptors (Lipinski definition) is 4. The third kappa shape index (κ3) is 4.31. The summed E-state index contributed by atoms with van der Waals surface area (Å²) in [6.07, 6.45) is 2.43. The van der Waals surface area contributed by atoms with Gasteiger partial charge in [0.1, 0.15) is 11.0 Å². The summed E-state index contributed by atoms with van der Waals surface area (Å²) in [6, 6.07) is 16.1. The predicted octanol–water partition coefficient (Wildman–Crippen LogP) is 2.97. The molecule has 0 bridgehead atoms. The van der Waals surface area contributed by atoms with Crippen molar-refractivity contribution < 1.29 is 4.79 Å². The molecule has 0 radical (unpaired) electrons. The smallest absolute Gasteiger partial charge is 0.319 e. The van der Waals surface area contributed by atoms with E-state index in [0.717, 1.165) is 25.2 Å². The lowest BCUT2D eigenvalue weighted by Gasteiger charge is -2.33. The van der Waals surface area contributed by atoms with Gasteiger partial charge in [-0.15, -0.1) is 0 Å². The van der Waals surface area contributed by atoms with Crippen molar-refractivity contribution in [3.63, 3.8) is 0 Å². The number of amides is 2. The average Bonchev–Trinajstić information content (AvgIpc) is 3.10. The molecule has 7 nitrogen and oxygen atoms in total. The normalized spacial score (nSPS) is 17.5. The van der Waals surface area contributed by atoms with Crippen LogP contribution in [0.3, 0.4) is 0 Å². The van der Waals surface area contributed by atoms with Crippen LogP contribution in [-0.2, 0) is 7.05 Å². The van der Waals surface area contributed by atoms with Gasteiger partial charge in [-0.3, -0.25) is 0 Å². The molecule has 0 aliphatic carbocycles. The van der Waals surface area contributed by atoms with Gasteiger partial charge in [0, 0.05) is 26.7 Å². The molecule has 2 heterocycles. The summed E-state index contributed by atoms with van der Waals surface area (Å²) >= 11 is 0. The zero-order valence-electron chi connectivity index (χ0n) is 16.1. The summed E-state index contributed by atoms with van der Waals surface area (Å²) in [7, 11) is 1.77. The van der Waals surface area contributed by atoms with Crippen molar-refractivity contribution in [2.45, 2.75) is 18.8 Å². The molecule has 1 aliphatic heterocycles. The Kier molecular flexibility index (Phi) is 5.53. The molecule has 146 valence electrons. The summed E-state index contributed by atoms with van der Waals surface area (Å²) in [6.45, 7) is 3.60. The van der Waals surface area contributed by atoms with E-state index >= 15 is 0 Å². The topological polar surface area (TPSA) is 75.1 Å². The van der Waals surface area contributed by atoms with E-state index in [1.54, 1.807) is 7.05 Å². The van der Waals surface area contributed by atoms with Gasteiger partial charge in [-0.05, 0) is 43.0 Å². The molecular weight excluding hydrogens is 352 g/mol. The Labute approximate surface area is 164 Å². The largest absolute Gasteiger partial charge is 0.337 e. The van der Waals surface area contributed by atoms with Crippen LogP contribution in [0.4, 0.5) is 10.5 Å². The third-order valence-corrected chi connectivity index (χ3v) is 5.25. The fraction of sp³-hybridized carbons (Fsp3) is 0.381. The first-order valence-electron chi connectivity index (χ1n) is 9.81. The second kappa shape index (κ2) is 8.39. The zero-order chi connectivity index (χ0) is 19.3. The van der Waals surface area contributed by atoms with E-state index in [0.29, 0.717) is 23.7 Å². The Morgan fingerprint density at radius 2 is 2.00 bits per heavy atom. The first-order chi connectivity index (χ1) is 13.7. The van der Waals surface area contributed by atoms with Crippen molar-refractivity contribution in [2.24, 2.45) is 7.05 Å². The van der Waals surface area contributed by atoms with Crippen LogP contribution in [-0.4, -0.2) is 52.1 Å². The predicted molar refractivity (Wildman–Crippen MR) is 110 cm³/mol. The monoisotopic (exact) mass is 378 g/mol. The fourth-order valence-corrected chi connectivity index (χ4v) is 3.89. The van der Waals surface area contributed by atoms with Gasteiger partial charge in [-0.1, -0.05) is 36.4 Å². The molecule has 1 fully saturated rings. The highest BCUT2D eigenvalue weighted by molar-refractivity contribution is 5.98. The number of carbonyl (C=O) groups excluding carboxylic acids is 1. The maximum atomic E-state index is 12.3. The standard InChI is InChI=1S/C21H26N6O/c1-26-24-19-11-5-10-18(20(19)25-26)23-21(28)22-12-14-27-13-6-9-17(15-27)16-7-3-2-4-8-16/h2-5,7-8,10-11,17H,6,9,12-15H2,1H3,(H2,22,23,28). The quantitative estimate of drug-likeness (QED) is 0.716. The van der Waals surface area contributed by atoms with Crippen LogP contribution < -0.4 is 10.6 Å². The number of urea groups is 1. The van der Waals surface area contributed by atoms with E-state index in [9.17, 15) is 4.79 Å². The van der Waals surface area contributed by atoms with Gasteiger partial charge in [0.15, 0.2) is 0 Å². The summed E-state index contributed by atoms with van der Waals surface area (Å²) < 4.78 is 0. The lowest BCUT2D eigenvalue weighted by Crippen LogP contribution is -2.41. The van der Waals surface area contributed by atoms with Crippen LogP contribution in [0.15, 0.2) is 48.5 Å². The van der Waals surface area contributed by atoms with Crippen molar-refractivity contribution >= 4 is 22.8 Å². The molecule has 7 heteroatoms. The Bertz CT molecular complexity index is 938. The molecule has 4 rings (SSSR count). The number of nitrogens with zero attached hydrogens (tertiary/aromatic N) is 4. The van der Waals surface area contributed by atoms with Crippen molar-refractivity contribution in [2.75, 3.05) is 31.5 Å². The molecule has 1 aliphatic rings. The number of aromatic nitrogens is 3. The zero-order valence-corrected chi connectivity index (χ0v) is 16.1. The number of piperidine rings is 1. The van der Waals surface area contributed by atoms with Gasteiger partial charge in [-0.25, -0.2) is 4.79 Å². The van der Waals surface area contributed by atoms with Crippen molar-refractivity contribution in [1.29, 1.82) is 0 Å². The Morgan fingerprint density at radius 1 is 1.14 bits per heavy atom. The van der Waals surface area contributed by atoms with E-state index in [1.807, 2.05) is 18.2 Å². The van der Waals surface area contributed by atoms with E-state index in [-0.39, 0.29) is 6.03 Å². The fourth-order valence-electron chi connectivity index (χ4n) is 3.89. The summed E-state index contributed by atoms with van der Waals surface area (Å²) in [4.78, 5) is 16.2. The molecule has 0 saturated carbocycles. The number of carbonyl (C=O) groups is 1. The molecule has 0 spiro atoms. The average molecular weight is 378 g/mol. The van der Waals surface area contributed by atoms with E-state index in [1.165, 1.54) is 23.2 Å². The van der Waals surface area contributed by atoms with Crippen molar-refractivity contribution in [3.8, 4) is 0 Å². The molecule has 28 heavy (non-hydrogen) atoms. The van der Waals surface area contributed by atoms with Crippen LogP contribution in [0.25, 0.3) is 11.0 Å². The summed E-state index contributed by atoms with van der Waals surface area (Å²) in [5.74, 6) is 0.582. The van der Waals surface area contributed by atoms with Crippen molar-refractivity contribution in [3.05, 3.63) is 54.1 Å². The molecule has 2 aromatic carbocycles. The highest BCUT2D eigenvalue weighted by atomic mass is 16.2. The highest BCUT2D eigenvalue weighted by Crippen LogP contribution is 2.26. The first-order valence-corrected chi connectivity index (χ1v) is 9.81. The molecule has 2 amide bonds. The number of hydrogen-bond donors (Lipinski definition) is 2. The van der Waals surface area contributed by atoms with Gasteiger partial charge in [0.05, 0.1) is 5.69 Å². The number of likely N-dealkylation sites (tertiary alicyclic amines) is 1. The SMILES string of the molecule is Cn1nc2cccc(NC(=O)NCCN3CCCC(c4ccccc4)C3)c2n1. The molecule has 1 atom stereocenters. The minimum absolute atomic E-state index is 0.213. The number of benzene rings is 2. The van der Waals surface area contributed by atoms with Crippen LogP contribution >= 0.6 is 0 Å². The van der Waals surface area contributed by atoms with Gasteiger partial charge in [-0.2, -0.15) is 15.0 Å². The lowest BCUT2D eigenvalue weighted by atomic mass is 9.91. The van der Waals surface area contributed by atoms with E-state index in [4.69, 9.17) is 0 Å². The minimum Gasteiger partial charge on any atom is -0.337 e.